The van der Waals surface area contributed by atoms with Gasteiger partial charge in [0.2, 0.25) is 0 Å². The Balaban J connectivity index is 1.30. The Morgan fingerprint density at radius 1 is 1.00 bits per heavy atom. The van der Waals surface area contributed by atoms with Crippen molar-refractivity contribution in [1.82, 2.24) is 29.2 Å². The molecule has 0 radical (unpaired) electrons. The van der Waals surface area contributed by atoms with E-state index >= 15 is 0 Å². The monoisotopic (exact) mass is 580 g/mol. The van der Waals surface area contributed by atoms with Gasteiger partial charge in [-0.2, -0.15) is 5.10 Å². The molecule has 0 spiro atoms. The largest absolute Gasteiger partial charge is 0.356 e. The molecule has 0 N–H and O–H groups in total. The summed E-state index contributed by atoms with van der Waals surface area (Å²) in [5, 5.41) is 7.32. The maximum atomic E-state index is 5.24. The Labute approximate surface area is 256 Å². The van der Waals surface area contributed by atoms with Gasteiger partial charge in [0.05, 0.1) is 17.6 Å². The lowest BCUT2D eigenvalue weighted by Crippen LogP contribution is -2.36. The van der Waals surface area contributed by atoms with Crippen LogP contribution in [0.5, 0.6) is 0 Å². The molecule has 2 aliphatic heterocycles. The fourth-order valence-electron chi connectivity index (χ4n) is 6.75. The van der Waals surface area contributed by atoms with Gasteiger partial charge < -0.3 is 9.47 Å². The fraction of sp³-hybridized carbons (Fsp3) is 0.543. The van der Waals surface area contributed by atoms with Crippen molar-refractivity contribution in [1.29, 1.82) is 0 Å². The topological polar surface area (TPSA) is 67.4 Å². The lowest BCUT2D eigenvalue weighted by Gasteiger charge is -2.32. The SMILES string of the molecule is CC=N/C=C(\CC)CN1CCC(n2ncc3c(N4CCCCC4)nc(-c4ccc5c(ccn5CCCCC)c4)nc32)CC1. The average Bonchev–Trinajstić information content (AvgIpc) is 3.67. The van der Waals surface area contributed by atoms with E-state index < -0.39 is 0 Å². The third kappa shape index (κ3) is 6.54. The van der Waals surface area contributed by atoms with Crippen molar-refractivity contribution in [3.05, 3.63) is 48.4 Å². The van der Waals surface area contributed by atoms with Gasteiger partial charge in [-0.05, 0) is 81.7 Å². The van der Waals surface area contributed by atoms with E-state index in [0.717, 1.165) is 86.8 Å². The lowest BCUT2D eigenvalue weighted by molar-refractivity contribution is 0.193. The second-order valence-corrected chi connectivity index (χ2v) is 12.3. The third-order valence-electron chi connectivity index (χ3n) is 9.31. The number of nitrogens with zero attached hydrogens (tertiary/aromatic N) is 8. The number of likely N-dealkylation sites (tertiary alicyclic amines) is 1. The zero-order valence-electron chi connectivity index (χ0n) is 26.4. The van der Waals surface area contributed by atoms with E-state index in [4.69, 9.17) is 15.1 Å². The molecule has 0 unspecified atom stereocenters. The van der Waals surface area contributed by atoms with Crippen molar-refractivity contribution in [2.45, 2.75) is 91.1 Å². The molecule has 2 saturated heterocycles. The highest BCUT2D eigenvalue weighted by atomic mass is 15.3. The summed E-state index contributed by atoms with van der Waals surface area (Å²) in [6, 6.07) is 9.31. The van der Waals surface area contributed by atoms with E-state index in [0.29, 0.717) is 6.04 Å². The zero-order chi connectivity index (χ0) is 29.6. The molecule has 6 rings (SSSR count). The van der Waals surface area contributed by atoms with E-state index in [-0.39, 0.29) is 0 Å². The molecule has 3 aromatic heterocycles. The van der Waals surface area contributed by atoms with Gasteiger partial charge in [0.15, 0.2) is 11.5 Å². The minimum absolute atomic E-state index is 0.341. The molecule has 0 amide bonds. The molecule has 5 heterocycles. The maximum absolute atomic E-state index is 5.24. The zero-order valence-corrected chi connectivity index (χ0v) is 26.4. The van der Waals surface area contributed by atoms with E-state index in [1.54, 1.807) is 0 Å². The molecule has 2 aliphatic rings. The Morgan fingerprint density at radius 2 is 1.84 bits per heavy atom. The third-order valence-corrected chi connectivity index (χ3v) is 9.31. The molecule has 8 heteroatoms. The predicted molar refractivity (Wildman–Crippen MR) is 179 cm³/mol. The predicted octanol–water partition coefficient (Wildman–Crippen LogP) is 7.65. The number of aromatic nitrogens is 5. The van der Waals surface area contributed by atoms with Crippen LogP contribution in [0, 0.1) is 0 Å². The molecule has 0 aliphatic carbocycles. The number of piperidine rings is 2. The van der Waals surface area contributed by atoms with Crippen molar-refractivity contribution >= 4 is 34.0 Å². The van der Waals surface area contributed by atoms with E-state index in [2.05, 4.69) is 68.4 Å². The number of unbranched alkanes of at least 4 members (excludes halogenated alkanes) is 2. The van der Waals surface area contributed by atoms with Crippen LogP contribution in [0.25, 0.3) is 33.3 Å². The first-order chi connectivity index (χ1) is 21.2. The summed E-state index contributed by atoms with van der Waals surface area (Å²) >= 11 is 0. The van der Waals surface area contributed by atoms with Gasteiger partial charge in [0.1, 0.15) is 5.82 Å². The molecule has 0 saturated carbocycles. The van der Waals surface area contributed by atoms with Gasteiger partial charge in [-0.3, -0.25) is 9.89 Å². The first-order valence-corrected chi connectivity index (χ1v) is 16.7. The van der Waals surface area contributed by atoms with Crippen LogP contribution in [-0.2, 0) is 6.54 Å². The molecular weight excluding hydrogens is 532 g/mol. The van der Waals surface area contributed by atoms with Crippen LogP contribution < -0.4 is 4.90 Å². The molecular formula is C35H48N8. The highest BCUT2D eigenvalue weighted by molar-refractivity contribution is 5.90. The molecule has 1 aromatic carbocycles. The number of aryl methyl sites for hydroxylation is 1. The van der Waals surface area contributed by atoms with Crippen LogP contribution in [0.1, 0.15) is 84.6 Å². The smallest absolute Gasteiger partial charge is 0.164 e. The van der Waals surface area contributed by atoms with Crippen LogP contribution in [0.3, 0.4) is 0 Å². The highest BCUT2D eigenvalue weighted by Gasteiger charge is 2.26. The summed E-state index contributed by atoms with van der Waals surface area (Å²) in [6.07, 6.45) is 18.8. The van der Waals surface area contributed by atoms with Crippen molar-refractivity contribution in [2.75, 3.05) is 37.6 Å². The number of aliphatic imine (C=N–C) groups is 1. The van der Waals surface area contributed by atoms with Crippen molar-refractivity contribution in [2.24, 2.45) is 4.99 Å². The van der Waals surface area contributed by atoms with Gasteiger partial charge in [0.25, 0.3) is 0 Å². The summed E-state index contributed by atoms with van der Waals surface area (Å²) in [7, 11) is 0. The molecule has 8 nitrogen and oxygen atoms in total. The van der Waals surface area contributed by atoms with Gasteiger partial charge in [-0.25, -0.2) is 14.6 Å². The summed E-state index contributed by atoms with van der Waals surface area (Å²) in [4.78, 5) is 19.9. The molecule has 228 valence electrons. The maximum Gasteiger partial charge on any atom is 0.164 e. The molecule has 4 aromatic rings. The number of anilines is 1. The number of hydrogen-bond acceptors (Lipinski definition) is 6. The normalized spacial score (nSPS) is 17.7. The summed E-state index contributed by atoms with van der Waals surface area (Å²) < 4.78 is 4.60. The molecule has 43 heavy (non-hydrogen) atoms. The van der Waals surface area contributed by atoms with Crippen LogP contribution in [0.2, 0.25) is 0 Å². The standard InChI is InChI=1S/C35H48N8/c1-4-7-9-17-41-22-14-28-23-29(12-13-32(28)41)33-38-34(42-18-10-8-11-19-42)31-25-37-43(35(31)39-33)30-15-20-40(21-16-30)26-27(5-2)24-36-6-3/h6,12-14,22-25,30H,4-5,7-11,15-21,26H2,1-3H3/b27-24+,36-6?. The van der Waals surface area contributed by atoms with Gasteiger partial charge in [-0.1, -0.05) is 26.7 Å². The Bertz CT molecular complexity index is 1560. The number of fused-ring (bicyclic) bond motifs is 2. The first-order valence-electron chi connectivity index (χ1n) is 16.7. The van der Waals surface area contributed by atoms with E-state index in [9.17, 15) is 0 Å². The van der Waals surface area contributed by atoms with E-state index in [1.807, 2.05) is 25.5 Å². The summed E-state index contributed by atoms with van der Waals surface area (Å²) in [6.45, 7) is 12.7. The molecule has 2 fully saturated rings. The molecule has 0 bridgehead atoms. The Kier molecular flexibility index (Phi) is 9.51. The van der Waals surface area contributed by atoms with Crippen LogP contribution in [0.15, 0.2) is 53.4 Å². The van der Waals surface area contributed by atoms with Gasteiger partial charge in [-0.15, -0.1) is 0 Å². The average molecular weight is 581 g/mol. The molecule has 0 atom stereocenters. The quantitative estimate of drug-likeness (QED) is 0.135. The van der Waals surface area contributed by atoms with Crippen LogP contribution in [-0.4, -0.2) is 68.2 Å². The summed E-state index contributed by atoms with van der Waals surface area (Å²) in [5.41, 5.74) is 4.73. The van der Waals surface area contributed by atoms with Gasteiger partial charge >= 0.3 is 0 Å². The first kappa shape index (κ1) is 29.5. The van der Waals surface area contributed by atoms with Crippen molar-refractivity contribution < 1.29 is 0 Å². The Morgan fingerprint density at radius 3 is 2.60 bits per heavy atom. The van der Waals surface area contributed by atoms with Crippen molar-refractivity contribution in [3.63, 3.8) is 0 Å². The number of hydrogen-bond donors (Lipinski definition) is 0. The van der Waals surface area contributed by atoms with Crippen LogP contribution in [0.4, 0.5) is 5.82 Å². The van der Waals surface area contributed by atoms with Crippen LogP contribution >= 0.6 is 0 Å². The number of benzene rings is 1. The second-order valence-electron chi connectivity index (χ2n) is 12.3. The van der Waals surface area contributed by atoms with Gasteiger partial charge in [0, 0.05) is 74.3 Å². The lowest BCUT2D eigenvalue weighted by atomic mass is 10.0. The second kappa shape index (κ2) is 13.8. The Hall–Kier alpha value is -3.52. The minimum atomic E-state index is 0.341. The summed E-state index contributed by atoms with van der Waals surface area (Å²) in [5.74, 6) is 1.86. The van der Waals surface area contributed by atoms with Crippen molar-refractivity contribution in [3.8, 4) is 11.4 Å². The number of rotatable bonds is 11. The van der Waals surface area contributed by atoms with E-state index in [1.165, 1.54) is 55.0 Å². The minimum Gasteiger partial charge on any atom is -0.356 e. The fourth-order valence-corrected chi connectivity index (χ4v) is 6.75. The highest BCUT2D eigenvalue weighted by Crippen LogP contribution is 2.34.